The molecule has 0 fully saturated rings. The number of carbonyl (C=O) groups excluding carboxylic acids is 1. The quantitative estimate of drug-likeness (QED) is 0.308. The van der Waals surface area contributed by atoms with E-state index in [9.17, 15) is 13.2 Å². The lowest BCUT2D eigenvalue weighted by Gasteiger charge is -2.12. The molecule has 5 aromatic rings. The fourth-order valence-electron chi connectivity index (χ4n) is 4.06. The third kappa shape index (κ3) is 5.40. The van der Waals surface area contributed by atoms with Gasteiger partial charge in [0, 0.05) is 41.1 Å². The second kappa shape index (κ2) is 9.80. The van der Waals surface area contributed by atoms with E-state index < -0.39 is 15.7 Å². The van der Waals surface area contributed by atoms with Crippen LogP contribution in [0.25, 0.3) is 16.9 Å². The Morgan fingerprint density at radius 1 is 1.05 bits per heavy atom. The van der Waals surface area contributed by atoms with Crippen LogP contribution in [0, 0.1) is 6.92 Å². The second-order valence-electron chi connectivity index (χ2n) is 8.83. The van der Waals surface area contributed by atoms with Crippen LogP contribution in [0.4, 0.5) is 5.69 Å². The van der Waals surface area contributed by atoms with Crippen LogP contribution in [0.2, 0.25) is 5.02 Å². The smallest absolute Gasteiger partial charge is 0.274 e. The van der Waals surface area contributed by atoms with Gasteiger partial charge in [0.25, 0.3) is 5.91 Å². The number of imidazole rings is 1. The van der Waals surface area contributed by atoms with Crippen molar-refractivity contribution in [1.29, 1.82) is 0 Å². The van der Waals surface area contributed by atoms with Crippen LogP contribution in [0.3, 0.4) is 0 Å². The minimum absolute atomic E-state index is 0.0556. The molecule has 37 heavy (non-hydrogen) atoms. The van der Waals surface area contributed by atoms with Crippen molar-refractivity contribution in [3.05, 3.63) is 113 Å². The first kappa shape index (κ1) is 24.7. The minimum atomic E-state index is -3.49. The third-order valence-electron chi connectivity index (χ3n) is 6.01. The van der Waals surface area contributed by atoms with Crippen molar-refractivity contribution in [2.75, 3.05) is 11.6 Å². The van der Waals surface area contributed by atoms with E-state index in [4.69, 9.17) is 16.6 Å². The Bertz CT molecular complexity index is 1730. The number of hydrogen-bond donors (Lipinski definition) is 1. The van der Waals surface area contributed by atoms with Crippen molar-refractivity contribution in [2.24, 2.45) is 0 Å². The summed E-state index contributed by atoms with van der Waals surface area (Å²) in [5.41, 5.74) is 5.84. The number of carbonyl (C=O) groups is 1. The number of benzene rings is 2. The van der Waals surface area contributed by atoms with Gasteiger partial charge in [-0.3, -0.25) is 4.79 Å². The summed E-state index contributed by atoms with van der Waals surface area (Å²) in [6, 6.07) is 20.0. The van der Waals surface area contributed by atoms with Gasteiger partial charge in [-0.2, -0.15) is 0 Å². The Labute approximate surface area is 219 Å². The minimum Gasteiger partial charge on any atom is -0.321 e. The van der Waals surface area contributed by atoms with Crippen LogP contribution < -0.4 is 5.32 Å². The molecule has 0 aliphatic heterocycles. The van der Waals surface area contributed by atoms with Crippen molar-refractivity contribution in [3.63, 3.8) is 0 Å². The van der Waals surface area contributed by atoms with Gasteiger partial charge in [-0.25, -0.2) is 18.4 Å². The Morgan fingerprint density at radius 2 is 1.78 bits per heavy atom. The molecule has 3 aromatic heterocycles. The maximum atomic E-state index is 13.2. The molecule has 9 heteroatoms. The number of hydrogen-bond acceptors (Lipinski definition) is 5. The SMILES string of the molecule is Cc1cccn2cc(-c3ccc(NC(=O)c4ncc(S(C)(=O)=O)cc4Cc4ccc(Cl)cc4)cc3)nc12. The van der Waals surface area contributed by atoms with E-state index in [0.717, 1.165) is 34.3 Å². The van der Waals surface area contributed by atoms with Gasteiger partial charge >= 0.3 is 0 Å². The Hall–Kier alpha value is -4.01. The van der Waals surface area contributed by atoms with Crippen LogP contribution in [-0.2, 0) is 16.3 Å². The molecule has 7 nitrogen and oxygen atoms in total. The summed E-state index contributed by atoms with van der Waals surface area (Å²) in [4.78, 5) is 22.2. The average Bonchev–Trinajstić information content (AvgIpc) is 3.31. The number of aryl methyl sites for hydroxylation is 1. The number of nitrogens with zero attached hydrogens (tertiary/aromatic N) is 3. The number of sulfone groups is 1. The van der Waals surface area contributed by atoms with Gasteiger partial charge in [0.2, 0.25) is 0 Å². The maximum Gasteiger partial charge on any atom is 0.274 e. The number of fused-ring (bicyclic) bond motifs is 1. The van der Waals surface area contributed by atoms with Crippen LogP contribution in [-0.4, -0.2) is 34.9 Å². The molecule has 186 valence electrons. The molecule has 0 aliphatic rings. The largest absolute Gasteiger partial charge is 0.321 e. The normalized spacial score (nSPS) is 11.5. The highest BCUT2D eigenvalue weighted by molar-refractivity contribution is 7.90. The topological polar surface area (TPSA) is 93.4 Å². The lowest BCUT2D eigenvalue weighted by molar-refractivity contribution is 0.102. The molecule has 0 spiro atoms. The molecule has 2 aromatic carbocycles. The second-order valence-corrected chi connectivity index (χ2v) is 11.3. The number of aromatic nitrogens is 3. The van der Waals surface area contributed by atoms with Gasteiger partial charge in [-0.15, -0.1) is 0 Å². The summed E-state index contributed by atoms with van der Waals surface area (Å²) in [5.74, 6) is -0.430. The van der Waals surface area contributed by atoms with Crippen molar-refractivity contribution in [1.82, 2.24) is 14.4 Å². The van der Waals surface area contributed by atoms with E-state index in [0.29, 0.717) is 22.7 Å². The Morgan fingerprint density at radius 3 is 2.46 bits per heavy atom. The number of anilines is 1. The highest BCUT2D eigenvalue weighted by atomic mass is 35.5. The highest BCUT2D eigenvalue weighted by Gasteiger charge is 2.18. The van der Waals surface area contributed by atoms with Crippen molar-refractivity contribution < 1.29 is 13.2 Å². The first-order chi connectivity index (χ1) is 17.7. The number of pyridine rings is 2. The summed E-state index contributed by atoms with van der Waals surface area (Å²) in [5, 5.41) is 3.46. The van der Waals surface area contributed by atoms with Crippen LogP contribution in [0.15, 0.2) is 90.2 Å². The van der Waals surface area contributed by atoms with E-state index in [1.165, 1.54) is 12.3 Å². The molecule has 1 N–H and O–H groups in total. The van der Waals surface area contributed by atoms with Crippen molar-refractivity contribution in [2.45, 2.75) is 18.2 Å². The molecule has 0 atom stereocenters. The monoisotopic (exact) mass is 530 g/mol. The van der Waals surface area contributed by atoms with E-state index in [1.54, 1.807) is 24.3 Å². The zero-order chi connectivity index (χ0) is 26.2. The third-order valence-corrected chi connectivity index (χ3v) is 7.34. The van der Waals surface area contributed by atoms with E-state index in [-0.39, 0.29) is 10.6 Å². The van der Waals surface area contributed by atoms with E-state index >= 15 is 0 Å². The summed E-state index contributed by atoms with van der Waals surface area (Å²) in [6.07, 6.45) is 6.57. The molecule has 3 heterocycles. The highest BCUT2D eigenvalue weighted by Crippen LogP contribution is 2.24. The van der Waals surface area contributed by atoms with Crippen LogP contribution in [0.1, 0.15) is 27.2 Å². The zero-order valence-corrected chi connectivity index (χ0v) is 21.7. The Kier molecular flexibility index (Phi) is 6.54. The average molecular weight is 531 g/mol. The van der Waals surface area contributed by atoms with Gasteiger partial charge in [-0.1, -0.05) is 41.9 Å². The predicted molar refractivity (Wildman–Crippen MR) is 145 cm³/mol. The molecule has 0 saturated carbocycles. The number of nitrogens with one attached hydrogen (secondary N) is 1. The van der Waals surface area contributed by atoms with Crippen LogP contribution in [0.5, 0.6) is 0 Å². The molecule has 1 amide bonds. The van der Waals surface area contributed by atoms with Gasteiger partial charge in [0.15, 0.2) is 9.84 Å². The molecular formula is C28H23ClN4O3S. The van der Waals surface area contributed by atoms with Gasteiger partial charge in [-0.05, 0) is 66.4 Å². The molecule has 0 radical (unpaired) electrons. The van der Waals surface area contributed by atoms with E-state index in [2.05, 4.69) is 10.3 Å². The summed E-state index contributed by atoms with van der Waals surface area (Å²) < 4.78 is 26.2. The molecular weight excluding hydrogens is 508 g/mol. The van der Waals surface area contributed by atoms with Gasteiger partial charge in [0.1, 0.15) is 11.3 Å². The lowest BCUT2D eigenvalue weighted by atomic mass is 10.0. The molecule has 5 rings (SSSR count). The predicted octanol–water partition coefficient (Wildman–Crippen LogP) is 5.60. The first-order valence-electron chi connectivity index (χ1n) is 11.5. The number of halogens is 1. The molecule has 0 unspecified atom stereocenters. The Balaban J connectivity index is 1.41. The van der Waals surface area contributed by atoms with Gasteiger partial charge in [0.05, 0.1) is 10.6 Å². The van der Waals surface area contributed by atoms with Crippen molar-refractivity contribution in [3.8, 4) is 11.3 Å². The summed E-state index contributed by atoms with van der Waals surface area (Å²) in [6.45, 7) is 2.02. The first-order valence-corrected chi connectivity index (χ1v) is 13.7. The standard InChI is InChI=1S/C28H23ClN4O3S/c1-18-4-3-13-33-17-25(32-27(18)33)20-7-11-23(12-8-20)31-28(34)26-21(14-19-5-9-22(29)10-6-19)15-24(16-30-26)37(2,35)36/h3-13,15-17H,14H2,1-2H3,(H,31,34). The summed E-state index contributed by atoms with van der Waals surface area (Å²) >= 11 is 5.99. The summed E-state index contributed by atoms with van der Waals surface area (Å²) in [7, 11) is -3.49. The number of rotatable bonds is 6. The number of amides is 1. The maximum absolute atomic E-state index is 13.2. The fourth-order valence-corrected chi connectivity index (χ4v) is 4.79. The fraction of sp³-hybridized carbons (Fsp3) is 0.107. The molecule has 0 saturated heterocycles. The lowest BCUT2D eigenvalue weighted by Crippen LogP contribution is -2.17. The van der Waals surface area contributed by atoms with E-state index in [1.807, 2.05) is 60.1 Å². The molecule has 0 aliphatic carbocycles. The van der Waals surface area contributed by atoms with Crippen LogP contribution >= 0.6 is 11.6 Å². The van der Waals surface area contributed by atoms with Gasteiger partial charge < -0.3 is 9.72 Å². The van der Waals surface area contributed by atoms with Crippen molar-refractivity contribution >= 4 is 38.7 Å². The molecule has 0 bridgehead atoms. The zero-order valence-electron chi connectivity index (χ0n) is 20.1.